The fraction of sp³-hybridized carbons (Fsp3) is 0.750. The molecule has 0 heterocycles. The molecule has 0 amide bonds. The molecule has 0 radical (unpaired) electrons. The summed E-state index contributed by atoms with van der Waals surface area (Å²) in [5.74, 6) is 0. The maximum atomic E-state index is 8.08. The first kappa shape index (κ1) is 7.21. The molecule has 0 N–H and O–H groups in total. The first-order valence-electron chi connectivity index (χ1n) is 2.22. The molecular weight excluding hydrogens is 108 g/mol. The normalized spacial score (nSPS) is 8.12. The van der Waals surface area contributed by atoms with E-state index in [4.69, 9.17) is 5.26 Å². The van der Waals surface area contributed by atoms with Crippen molar-refractivity contribution < 1.29 is 9.68 Å². The van der Waals surface area contributed by atoms with Crippen molar-refractivity contribution in [3.8, 4) is 6.19 Å². The van der Waals surface area contributed by atoms with Gasteiger partial charge in [0.25, 0.3) is 0 Å². The highest BCUT2D eigenvalue weighted by molar-refractivity contribution is 4.52. The van der Waals surface area contributed by atoms with E-state index in [1.807, 2.05) is 0 Å². The lowest BCUT2D eigenvalue weighted by Crippen LogP contribution is -2.15. The number of hydrogen-bond acceptors (Lipinski definition) is 4. The van der Waals surface area contributed by atoms with Crippen molar-refractivity contribution in [3.63, 3.8) is 0 Å². The molecule has 0 aromatic rings. The van der Waals surface area contributed by atoms with Gasteiger partial charge in [0, 0.05) is 0 Å². The van der Waals surface area contributed by atoms with E-state index in [9.17, 15) is 0 Å². The van der Waals surface area contributed by atoms with Crippen LogP contribution in [0.5, 0.6) is 0 Å². The summed E-state index contributed by atoms with van der Waals surface area (Å²) in [5.41, 5.74) is 0. The lowest BCUT2D eigenvalue weighted by atomic mass is 10.9. The molecule has 0 atom stereocenters. The molecule has 0 aliphatic carbocycles. The summed E-state index contributed by atoms with van der Waals surface area (Å²) in [6.45, 7) is 2.20. The monoisotopic (exact) mass is 116 g/mol. The first-order chi connectivity index (χ1) is 3.85. The number of hydroxylamine groups is 2. The minimum atomic E-state index is 0.432. The van der Waals surface area contributed by atoms with Crippen LogP contribution in [-0.4, -0.2) is 18.9 Å². The highest BCUT2D eigenvalue weighted by Crippen LogP contribution is 1.83. The Morgan fingerprint density at radius 3 is 2.50 bits per heavy atom. The van der Waals surface area contributed by atoms with Gasteiger partial charge in [-0.3, -0.25) is 0 Å². The summed E-state index contributed by atoms with van der Waals surface area (Å²) in [7, 11) is 1.36. The van der Waals surface area contributed by atoms with E-state index < -0.39 is 0 Å². The molecule has 0 rings (SSSR count). The minimum absolute atomic E-state index is 0.432. The summed E-state index contributed by atoms with van der Waals surface area (Å²) in [6, 6.07) is 0. The molecule has 0 fully saturated rings. The lowest BCUT2D eigenvalue weighted by molar-refractivity contribution is -0.312. The molecule has 0 saturated heterocycles. The third-order valence-electron chi connectivity index (χ3n) is 0.494. The van der Waals surface area contributed by atoms with Crippen LogP contribution < -0.4 is 0 Å². The topological polar surface area (TPSA) is 45.5 Å². The summed E-state index contributed by atoms with van der Waals surface area (Å²) >= 11 is 0. The van der Waals surface area contributed by atoms with Crippen molar-refractivity contribution in [1.29, 1.82) is 5.26 Å². The van der Waals surface area contributed by atoms with Gasteiger partial charge in [0.15, 0.2) is 0 Å². The van der Waals surface area contributed by atoms with Crippen LogP contribution in [0, 0.1) is 11.5 Å². The summed E-state index contributed by atoms with van der Waals surface area (Å²) in [6.07, 6.45) is 1.64. The van der Waals surface area contributed by atoms with Gasteiger partial charge < -0.3 is 0 Å². The van der Waals surface area contributed by atoms with Crippen molar-refractivity contribution in [2.45, 2.75) is 6.92 Å². The molecule has 8 heavy (non-hydrogen) atoms. The molecule has 0 aliphatic rings. The fourth-order valence-electron chi connectivity index (χ4n) is 0.240. The number of nitriles is 1. The zero-order valence-electron chi connectivity index (χ0n) is 4.92. The highest BCUT2D eigenvalue weighted by Gasteiger charge is 1.93. The van der Waals surface area contributed by atoms with E-state index in [-0.39, 0.29) is 0 Å². The van der Waals surface area contributed by atoms with Gasteiger partial charge >= 0.3 is 0 Å². The summed E-state index contributed by atoms with van der Waals surface area (Å²) in [5, 5.41) is 8.82. The van der Waals surface area contributed by atoms with Gasteiger partial charge in [-0.05, 0) is 6.92 Å². The van der Waals surface area contributed by atoms with Crippen LogP contribution in [0.4, 0.5) is 0 Å². The van der Waals surface area contributed by atoms with Crippen molar-refractivity contribution >= 4 is 0 Å². The predicted molar refractivity (Wildman–Crippen MR) is 26.1 cm³/mol. The van der Waals surface area contributed by atoms with Crippen molar-refractivity contribution in [2.24, 2.45) is 0 Å². The van der Waals surface area contributed by atoms with Crippen LogP contribution in [0.25, 0.3) is 0 Å². The summed E-state index contributed by atoms with van der Waals surface area (Å²) in [4.78, 5) is 8.98. The van der Waals surface area contributed by atoms with Crippen molar-refractivity contribution in [3.05, 3.63) is 0 Å². The quantitative estimate of drug-likeness (QED) is 0.302. The van der Waals surface area contributed by atoms with Gasteiger partial charge in [0.1, 0.15) is 0 Å². The Balaban J connectivity index is 3.26. The molecular formula is C4H8N2O2. The smallest absolute Gasteiger partial charge is 0.234 e. The second-order valence-corrected chi connectivity index (χ2v) is 0.957. The van der Waals surface area contributed by atoms with Gasteiger partial charge in [-0.15, -0.1) is 0 Å². The van der Waals surface area contributed by atoms with Gasteiger partial charge in [0.05, 0.1) is 13.7 Å². The number of hydrogen-bond donors (Lipinski definition) is 0. The highest BCUT2D eigenvalue weighted by atomic mass is 16.9. The molecule has 0 bridgehead atoms. The molecule has 4 heteroatoms. The molecule has 46 valence electrons. The zero-order chi connectivity index (χ0) is 6.41. The second kappa shape index (κ2) is 4.37. The van der Waals surface area contributed by atoms with E-state index in [1.54, 1.807) is 13.1 Å². The molecule has 0 spiro atoms. The largest absolute Gasteiger partial charge is 0.243 e. The Morgan fingerprint density at radius 2 is 2.38 bits per heavy atom. The van der Waals surface area contributed by atoms with Crippen LogP contribution in [0.15, 0.2) is 0 Å². The third kappa shape index (κ3) is 2.39. The van der Waals surface area contributed by atoms with E-state index in [0.29, 0.717) is 6.61 Å². The van der Waals surface area contributed by atoms with Gasteiger partial charge in [0.2, 0.25) is 6.19 Å². The second-order valence-electron chi connectivity index (χ2n) is 0.957. The molecule has 4 nitrogen and oxygen atoms in total. The first-order valence-corrected chi connectivity index (χ1v) is 2.22. The lowest BCUT2D eigenvalue weighted by Gasteiger charge is -2.07. The average molecular weight is 116 g/mol. The van der Waals surface area contributed by atoms with Gasteiger partial charge in [-0.1, -0.05) is 5.23 Å². The van der Waals surface area contributed by atoms with Crippen molar-refractivity contribution in [2.75, 3.05) is 13.7 Å². The van der Waals surface area contributed by atoms with E-state index in [1.165, 1.54) is 7.11 Å². The Kier molecular flexibility index (Phi) is 3.94. The van der Waals surface area contributed by atoms with Crippen LogP contribution in [0.2, 0.25) is 0 Å². The molecule has 0 aromatic carbocycles. The van der Waals surface area contributed by atoms with Crippen LogP contribution in [-0.2, 0) is 9.68 Å². The van der Waals surface area contributed by atoms with Gasteiger partial charge in [-0.25, -0.2) is 9.68 Å². The summed E-state index contributed by atoms with van der Waals surface area (Å²) < 4.78 is 0. The molecule has 0 saturated carbocycles. The van der Waals surface area contributed by atoms with E-state index >= 15 is 0 Å². The van der Waals surface area contributed by atoms with Crippen LogP contribution in [0.1, 0.15) is 6.92 Å². The van der Waals surface area contributed by atoms with Crippen LogP contribution >= 0.6 is 0 Å². The number of rotatable bonds is 3. The van der Waals surface area contributed by atoms with E-state index in [0.717, 1.165) is 5.23 Å². The van der Waals surface area contributed by atoms with Crippen molar-refractivity contribution in [1.82, 2.24) is 5.23 Å². The maximum Gasteiger partial charge on any atom is 0.234 e. The third-order valence-corrected chi connectivity index (χ3v) is 0.494. The Morgan fingerprint density at radius 1 is 1.75 bits per heavy atom. The Hall–Kier alpha value is -0.790. The molecule has 0 unspecified atom stereocenters. The Labute approximate surface area is 48.1 Å². The van der Waals surface area contributed by atoms with E-state index in [2.05, 4.69) is 9.68 Å². The fourth-order valence-corrected chi connectivity index (χ4v) is 0.240. The SMILES string of the molecule is CCON(C#N)OC. The average Bonchev–Trinajstić information content (AvgIpc) is 1.83. The number of nitrogens with zero attached hydrogens (tertiary/aromatic N) is 2. The van der Waals surface area contributed by atoms with Gasteiger partial charge in [-0.2, -0.15) is 5.26 Å². The standard InChI is InChI=1S/C4H8N2O2/c1-3-8-6(4-5)7-2/h3H2,1-2H3. The maximum absolute atomic E-state index is 8.08. The van der Waals surface area contributed by atoms with Crippen LogP contribution in [0.3, 0.4) is 0 Å². The zero-order valence-corrected chi connectivity index (χ0v) is 4.92. The minimum Gasteiger partial charge on any atom is -0.243 e. The molecule has 0 aliphatic heterocycles. The molecule has 0 aromatic heterocycles. The Bertz CT molecular complexity index is 88.5. The predicted octanol–water partition coefficient (Wildman–Crippen LogP) is 0.282.